The van der Waals surface area contributed by atoms with Crippen molar-refractivity contribution in [3.63, 3.8) is 0 Å². The summed E-state index contributed by atoms with van der Waals surface area (Å²) < 4.78 is 15.8. The van der Waals surface area contributed by atoms with Gasteiger partial charge < -0.3 is 13.9 Å². The van der Waals surface area contributed by atoms with E-state index in [0.717, 1.165) is 22.6 Å². The van der Waals surface area contributed by atoms with E-state index in [2.05, 4.69) is 0 Å². The highest BCUT2D eigenvalue weighted by atomic mass is 16.6. The molecule has 0 aliphatic carbocycles. The van der Waals surface area contributed by atoms with E-state index in [-0.39, 0.29) is 0 Å². The zero-order valence-corrected chi connectivity index (χ0v) is 9.61. The minimum absolute atomic E-state index is 0.561. The maximum Gasteiger partial charge on any atom is 0.287 e. The lowest BCUT2D eigenvalue weighted by atomic mass is 10.1. The highest BCUT2D eigenvalue weighted by molar-refractivity contribution is 5.60. The second-order valence-corrected chi connectivity index (χ2v) is 3.51. The fourth-order valence-electron chi connectivity index (χ4n) is 1.57. The lowest BCUT2D eigenvalue weighted by Gasteiger charge is -2.00. The zero-order chi connectivity index (χ0) is 11.5. The molecule has 0 amide bonds. The van der Waals surface area contributed by atoms with Gasteiger partial charge in [-0.05, 0) is 37.3 Å². The summed E-state index contributed by atoms with van der Waals surface area (Å²) in [6.07, 6.45) is 0. The third kappa shape index (κ3) is 1.89. The smallest absolute Gasteiger partial charge is 0.287 e. The average Bonchev–Trinajstić information content (AvgIpc) is 2.71. The summed E-state index contributed by atoms with van der Waals surface area (Å²) in [5.74, 6) is 2.20. The van der Waals surface area contributed by atoms with Gasteiger partial charge in [0, 0.05) is 11.1 Å². The van der Waals surface area contributed by atoms with Gasteiger partial charge in [0.05, 0.1) is 14.2 Å². The van der Waals surface area contributed by atoms with Crippen LogP contribution in [0.1, 0.15) is 5.56 Å². The first-order chi connectivity index (χ1) is 7.74. The van der Waals surface area contributed by atoms with Gasteiger partial charge in [-0.3, -0.25) is 0 Å². The Kier molecular flexibility index (Phi) is 2.86. The number of aryl methyl sites for hydroxylation is 1. The molecule has 0 bridgehead atoms. The number of methoxy groups -OCH3 is 2. The molecule has 2 rings (SSSR count). The van der Waals surface area contributed by atoms with Gasteiger partial charge in [-0.25, -0.2) is 0 Å². The highest BCUT2D eigenvalue weighted by Gasteiger charge is 2.09. The topological polar surface area (TPSA) is 31.6 Å². The first-order valence-corrected chi connectivity index (χ1v) is 5.03. The van der Waals surface area contributed by atoms with Crippen LogP contribution in [-0.4, -0.2) is 14.2 Å². The minimum atomic E-state index is 0.561. The highest BCUT2D eigenvalue weighted by Crippen LogP contribution is 2.30. The Morgan fingerprint density at radius 3 is 2.19 bits per heavy atom. The Bertz CT molecular complexity index is 468. The minimum Gasteiger partial charge on any atom is -0.497 e. The molecule has 16 heavy (non-hydrogen) atoms. The lowest BCUT2D eigenvalue weighted by molar-refractivity contribution is 0.306. The quantitative estimate of drug-likeness (QED) is 0.792. The number of hydrogen-bond acceptors (Lipinski definition) is 3. The van der Waals surface area contributed by atoms with Crippen LogP contribution in [0.3, 0.4) is 0 Å². The Morgan fingerprint density at radius 2 is 1.69 bits per heavy atom. The van der Waals surface area contributed by atoms with Crippen LogP contribution in [0.2, 0.25) is 0 Å². The van der Waals surface area contributed by atoms with Crippen molar-refractivity contribution < 1.29 is 13.9 Å². The van der Waals surface area contributed by atoms with E-state index in [1.54, 1.807) is 14.2 Å². The molecular formula is C13H14O3. The maximum atomic E-state index is 5.56. The summed E-state index contributed by atoms with van der Waals surface area (Å²) in [7, 11) is 3.25. The lowest BCUT2D eigenvalue weighted by Crippen LogP contribution is -1.81. The fourth-order valence-corrected chi connectivity index (χ4v) is 1.57. The third-order valence-electron chi connectivity index (χ3n) is 2.43. The summed E-state index contributed by atoms with van der Waals surface area (Å²) in [5, 5.41) is 0. The molecular weight excluding hydrogens is 204 g/mol. The van der Waals surface area contributed by atoms with Gasteiger partial charge in [-0.15, -0.1) is 0 Å². The summed E-state index contributed by atoms with van der Waals surface area (Å²) in [4.78, 5) is 0. The van der Waals surface area contributed by atoms with Gasteiger partial charge in [0.2, 0.25) is 0 Å². The van der Waals surface area contributed by atoms with Crippen LogP contribution in [0, 0.1) is 6.92 Å². The first kappa shape index (κ1) is 10.6. The molecule has 0 unspecified atom stereocenters. The van der Waals surface area contributed by atoms with Gasteiger partial charge in [0.1, 0.15) is 11.5 Å². The van der Waals surface area contributed by atoms with Gasteiger partial charge in [0.15, 0.2) is 0 Å². The zero-order valence-electron chi connectivity index (χ0n) is 9.61. The molecule has 0 aliphatic rings. The monoisotopic (exact) mass is 218 g/mol. The van der Waals surface area contributed by atoms with Crippen molar-refractivity contribution in [3.8, 4) is 23.0 Å². The standard InChI is InChI=1S/C13H14O3/c1-9-8-12(16-13(9)15-3)10-4-6-11(14-2)7-5-10/h4-8H,1-3H3. The molecule has 3 nitrogen and oxygen atoms in total. The molecule has 2 aromatic rings. The fraction of sp³-hybridized carbons (Fsp3) is 0.231. The van der Waals surface area contributed by atoms with Crippen LogP contribution in [0.25, 0.3) is 11.3 Å². The predicted molar refractivity (Wildman–Crippen MR) is 62.0 cm³/mol. The molecule has 0 saturated heterocycles. The Hall–Kier alpha value is -1.90. The molecule has 0 radical (unpaired) electrons. The molecule has 1 aromatic heterocycles. The Balaban J connectivity index is 2.34. The molecule has 84 valence electrons. The van der Waals surface area contributed by atoms with Crippen LogP contribution in [-0.2, 0) is 0 Å². The van der Waals surface area contributed by atoms with Crippen molar-refractivity contribution in [2.24, 2.45) is 0 Å². The van der Waals surface area contributed by atoms with E-state index in [1.165, 1.54) is 0 Å². The van der Waals surface area contributed by atoms with E-state index >= 15 is 0 Å². The normalized spacial score (nSPS) is 10.2. The van der Waals surface area contributed by atoms with Crippen molar-refractivity contribution in [1.29, 1.82) is 0 Å². The van der Waals surface area contributed by atoms with E-state index in [4.69, 9.17) is 13.9 Å². The summed E-state index contributed by atoms with van der Waals surface area (Å²) in [6.45, 7) is 1.95. The molecule has 0 N–H and O–H groups in total. The van der Waals surface area contributed by atoms with Crippen molar-refractivity contribution in [2.45, 2.75) is 6.92 Å². The molecule has 0 saturated carbocycles. The van der Waals surface area contributed by atoms with E-state index in [0.29, 0.717) is 5.95 Å². The van der Waals surface area contributed by atoms with E-state index in [1.807, 2.05) is 37.3 Å². The molecule has 1 heterocycles. The third-order valence-corrected chi connectivity index (χ3v) is 2.43. The van der Waals surface area contributed by atoms with Crippen molar-refractivity contribution in [2.75, 3.05) is 14.2 Å². The second kappa shape index (κ2) is 4.31. The number of furan rings is 1. The molecule has 0 spiro atoms. The van der Waals surface area contributed by atoms with Gasteiger partial charge in [0.25, 0.3) is 5.95 Å². The number of ether oxygens (including phenoxy) is 2. The van der Waals surface area contributed by atoms with Crippen LogP contribution in [0.5, 0.6) is 11.7 Å². The molecule has 3 heteroatoms. The molecule has 0 aliphatic heterocycles. The summed E-state index contributed by atoms with van der Waals surface area (Å²) in [5.41, 5.74) is 2.00. The molecule has 0 atom stereocenters. The van der Waals surface area contributed by atoms with Crippen LogP contribution in [0.15, 0.2) is 34.7 Å². The Labute approximate surface area is 94.6 Å². The summed E-state index contributed by atoms with van der Waals surface area (Å²) >= 11 is 0. The maximum absolute atomic E-state index is 5.56. The van der Waals surface area contributed by atoms with Crippen molar-refractivity contribution >= 4 is 0 Å². The van der Waals surface area contributed by atoms with Crippen LogP contribution >= 0.6 is 0 Å². The van der Waals surface area contributed by atoms with Crippen LogP contribution in [0.4, 0.5) is 0 Å². The average molecular weight is 218 g/mol. The SMILES string of the molecule is COc1ccc(-c2cc(C)c(OC)o2)cc1. The first-order valence-electron chi connectivity index (χ1n) is 5.03. The van der Waals surface area contributed by atoms with Gasteiger partial charge in [-0.1, -0.05) is 0 Å². The van der Waals surface area contributed by atoms with E-state index < -0.39 is 0 Å². The second-order valence-electron chi connectivity index (χ2n) is 3.51. The Morgan fingerprint density at radius 1 is 1.00 bits per heavy atom. The largest absolute Gasteiger partial charge is 0.497 e. The van der Waals surface area contributed by atoms with Gasteiger partial charge >= 0.3 is 0 Å². The van der Waals surface area contributed by atoms with E-state index in [9.17, 15) is 0 Å². The van der Waals surface area contributed by atoms with Crippen LogP contribution < -0.4 is 9.47 Å². The number of benzene rings is 1. The van der Waals surface area contributed by atoms with Crippen molar-refractivity contribution in [3.05, 3.63) is 35.9 Å². The predicted octanol–water partition coefficient (Wildman–Crippen LogP) is 3.27. The molecule has 0 fully saturated rings. The molecule has 1 aromatic carbocycles. The summed E-state index contributed by atoms with van der Waals surface area (Å²) in [6, 6.07) is 9.67. The van der Waals surface area contributed by atoms with Gasteiger partial charge in [-0.2, -0.15) is 0 Å². The number of hydrogen-bond donors (Lipinski definition) is 0. The van der Waals surface area contributed by atoms with Crippen molar-refractivity contribution in [1.82, 2.24) is 0 Å². The number of rotatable bonds is 3.